The smallest absolute Gasteiger partial charge is 0.326 e. The molecule has 6 nitrogen and oxygen atoms in total. The van der Waals surface area contributed by atoms with Gasteiger partial charge in [0.25, 0.3) is 0 Å². The van der Waals surface area contributed by atoms with Crippen LogP contribution < -0.4 is 5.32 Å². The fourth-order valence-electron chi connectivity index (χ4n) is 2.38. The molecule has 1 aliphatic rings. The summed E-state index contributed by atoms with van der Waals surface area (Å²) in [6, 6.07) is 3.69. The number of amides is 2. The van der Waals surface area contributed by atoms with E-state index in [9.17, 15) is 19.1 Å². The second-order valence-corrected chi connectivity index (χ2v) is 5.12. The van der Waals surface area contributed by atoms with Crippen LogP contribution in [-0.2, 0) is 4.79 Å². The van der Waals surface area contributed by atoms with E-state index in [1.807, 2.05) is 0 Å². The van der Waals surface area contributed by atoms with Crippen molar-refractivity contribution in [2.45, 2.75) is 31.5 Å². The van der Waals surface area contributed by atoms with Crippen LogP contribution in [0.2, 0.25) is 0 Å². The van der Waals surface area contributed by atoms with Gasteiger partial charge in [0.2, 0.25) is 0 Å². The van der Waals surface area contributed by atoms with Crippen molar-refractivity contribution in [3.05, 3.63) is 35.6 Å². The Balaban J connectivity index is 2.03. The fraction of sp³-hybridized carbons (Fsp3) is 0.429. The molecule has 3 atom stereocenters. The van der Waals surface area contributed by atoms with Crippen LogP contribution in [0.5, 0.6) is 0 Å². The van der Waals surface area contributed by atoms with Crippen molar-refractivity contribution in [3.8, 4) is 0 Å². The highest BCUT2D eigenvalue weighted by Gasteiger charge is 2.39. The van der Waals surface area contributed by atoms with Gasteiger partial charge in [-0.1, -0.05) is 12.1 Å². The first kappa shape index (κ1) is 15.2. The average Bonchev–Trinajstić information content (AvgIpc) is 2.82. The van der Waals surface area contributed by atoms with E-state index in [-0.39, 0.29) is 18.8 Å². The first-order chi connectivity index (χ1) is 9.88. The molecule has 1 heterocycles. The van der Waals surface area contributed by atoms with Crippen molar-refractivity contribution < 1.29 is 24.2 Å². The third-order valence-electron chi connectivity index (χ3n) is 3.53. The zero-order valence-electron chi connectivity index (χ0n) is 11.5. The van der Waals surface area contributed by atoms with Crippen molar-refractivity contribution in [2.24, 2.45) is 0 Å². The zero-order valence-corrected chi connectivity index (χ0v) is 11.5. The maximum Gasteiger partial charge on any atom is 0.326 e. The number of nitrogens with one attached hydrogen (secondary N) is 1. The Hall–Kier alpha value is -2.15. The Morgan fingerprint density at radius 3 is 2.57 bits per heavy atom. The van der Waals surface area contributed by atoms with E-state index in [0.717, 1.165) is 4.90 Å². The molecule has 1 aromatic carbocycles. The quantitative estimate of drug-likeness (QED) is 0.779. The summed E-state index contributed by atoms with van der Waals surface area (Å²) in [5.74, 6) is -1.51. The van der Waals surface area contributed by atoms with Gasteiger partial charge in [-0.15, -0.1) is 0 Å². The molecule has 0 spiro atoms. The Kier molecular flexibility index (Phi) is 4.42. The summed E-state index contributed by atoms with van der Waals surface area (Å²) in [6.45, 7) is 1.70. The molecule has 1 unspecified atom stereocenters. The molecule has 3 N–H and O–H groups in total. The standard InChI is InChI=1S/C14H17FN2O4/c1-8(9-2-4-10(15)5-3-9)16-14(21)17-7-11(18)6-12(17)13(19)20/h2-5,8,11-12,18H,6-7H2,1H3,(H,16,21)(H,19,20)/t8?,11-,12-/m1/s1. The van der Waals surface area contributed by atoms with E-state index in [4.69, 9.17) is 5.11 Å². The van der Waals surface area contributed by atoms with Gasteiger partial charge >= 0.3 is 12.0 Å². The van der Waals surface area contributed by atoms with E-state index in [2.05, 4.69) is 5.32 Å². The van der Waals surface area contributed by atoms with Gasteiger partial charge in [-0.25, -0.2) is 14.0 Å². The first-order valence-corrected chi connectivity index (χ1v) is 6.62. The van der Waals surface area contributed by atoms with Gasteiger partial charge in [0.1, 0.15) is 11.9 Å². The predicted octanol–water partition coefficient (Wildman–Crippen LogP) is 1.12. The summed E-state index contributed by atoms with van der Waals surface area (Å²) in [5.41, 5.74) is 0.705. The van der Waals surface area contributed by atoms with Crippen LogP contribution in [0.3, 0.4) is 0 Å². The number of urea groups is 1. The maximum atomic E-state index is 12.9. The van der Waals surface area contributed by atoms with E-state index in [1.54, 1.807) is 19.1 Å². The molecule has 2 rings (SSSR count). The monoisotopic (exact) mass is 296 g/mol. The van der Waals surface area contributed by atoms with Gasteiger partial charge in [-0.2, -0.15) is 0 Å². The number of hydrogen-bond acceptors (Lipinski definition) is 3. The minimum Gasteiger partial charge on any atom is -0.480 e. The Labute approximate surface area is 121 Å². The first-order valence-electron chi connectivity index (χ1n) is 6.62. The highest BCUT2D eigenvalue weighted by Crippen LogP contribution is 2.20. The molecular formula is C14H17FN2O4. The predicted molar refractivity (Wildman–Crippen MR) is 72.1 cm³/mol. The average molecular weight is 296 g/mol. The van der Waals surface area contributed by atoms with Crippen LogP contribution in [0.15, 0.2) is 24.3 Å². The topological polar surface area (TPSA) is 89.9 Å². The van der Waals surface area contributed by atoms with Crippen molar-refractivity contribution in [3.63, 3.8) is 0 Å². The van der Waals surface area contributed by atoms with Crippen molar-refractivity contribution >= 4 is 12.0 Å². The Bertz CT molecular complexity index is 534. The third-order valence-corrected chi connectivity index (χ3v) is 3.53. The van der Waals surface area contributed by atoms with E-state index in [1.165, 1.54) is 12.1 Å². The molecule has 1 fully saturated rings. The number of likely N-dealkylation sites (tertiary alicyclic amines) is 1. The number of aliphatic carboxylic acids is 1. The molecule has 21 heavy (non-hydrogen) atoms. The molecule has 1 aliphatic heterocycles. The molecule has 0 aliphatic carbocycles. The van der Waals surface area contributed by atoms with Gasteiger partial charge in [-0.05, 0) is 24.6 Å². The van der Waals surface area contributed by atoms with Gasteiger partial charge in [0.05, 0.1) is 12.1 Å². The van der Waals surface area contributed by atoms with E-state index < -0.39 is 30.2 Å². The fourth-order valence-corrected chi connectivity index (χ4v) is 2.38. The van der Waals surface area contributed by atoms with Crippen LogP contribution in [0, 0.1) is 5.82 Å². The second kappa shape index (κ2) is 6.09. The van der Waals surface area contributed by atoms with Gasteiger partial charge in [0, 0.05) is 13.0 Å². The largest absolute Gasteiger partial charge is 0.480 e. The molecule has 0 saturated carbocycles. The number of aliphatic hydroxyl groups is 1. The number of carboxylic acids is 1. The lowest BCUT2D eigenvalue weighted by Gasteiger charge is -2.24. The second-order valence-electron chi connectivity index (χ2n) is 5.12. The van der Waals surface area contributed by atoms with Gasteiger partial charge < -0.3 is 20.4 Å². The number of β-amino-alcohol motifs (C(OH)–C–C–N with tert-alkyl or cyclic N) is 1. The lowest BCUT2D eigenvalue weighted by atomic mass is 10.1. The van der Waals surface area contributed by atoms with Gasteiger partial charge in [-0.3, -0.25) is 0 Å². The molecule has 1 saturated heterocycles. The molecule has 0 aromatic heterocycles. The maximum absolute atomic E-state index is 12.9. The van der Waals surface area contributed by atoms with Crippen molar-refractivity contribution in [1.82, 2.24) is 10.2 Å². The number of aliphatic hydroxyl groups excluding tert-OH is 1. The Morgan fingerprint density at radius 2 is 2.00 bits per heavy atom. The number of carbonyl (C=O) groups excluding carboxylic acids is 1. The van der Waals surface area contributed by atoms with E-state index in [0.29, 0.717) is 5.56 Å². The lowest BCUT2D eigenvalue weighted by molar-refractivity contribution is -0.141. The summed E-state index contributed by atoms with van der Waals surface area (Å²) >= 11 is 0. The summed E-state index contributed by atoms with van der Waals surface area (Å²) in [4.78, 5) is 24.3. The SMILES string of the molecule is CC(NC(=O)N1C[C@H](O)C[C@@H]1C(=O)O)c1ccc(F)cc1. The van der Waals surface area contributed by atoms with Crippen LogP contribution in [0.4, 0.5) is 9.18 Å². The third kappa shape index (κ3) is 3.49. The van der Waals surface area contributed by atoms with Crippen LogP contribution >= 0.6 is 0 Å². The lowest BCUT2D eigenvalue weighted by Crippen LogP contribution is -2.46. The number of carbonyl (C=O) groups is 2. The molecule has 1 aromatic rings. The van der Waals surface area contributed by atoms with Crippen molar-refractivity contribution in [2.75, 3.05) is 6.54 Å². The van der Waals surface area contributed by atoms with Crippen LogP contribution in [0.1, 0.15) is 24.9 Å². The summed E-state index contributed by atoms with van der Waals surface area (Å²) in [7, 11) is 0. The number of benzene rings is 1. The van der Waals surface area contributed by atoms with Gasteiger partial charge in [0.15, 0.2) is 0 Å². The van der Waals surface area contributed by atoms with Crippen LogP contribution in [-0.4, -0.2) is 45.8 Å². The highest BCUT2D eigenvalue weighted by molar-refractivity contribution is 5.83. The molecule has 0 radical (unpaired) electrons. The molecule has 114 valence electrons. The summed E-state index contributed by atoms with van der Waals surface area (Å²) < 4.78 is 12.9. The molecule has 0 bridgehead atoms. The van der Waals surface area contributed by atoms with E-state index >= 15 is 0 Å². The summed E-state index contributed by atoms with van der Waals surface area (Å²) in [5, 5.41) is 21.2. The summed E-state index contributed by atoms with van der Waals surface area (Å²) in [6.07, 6.45) is -0.814. The normalized spacial score (nSPS) is 22.9. The number of rotatable bonds is 3. The highest BCUT2D eigenvalue weighted by atomic mass is 19.1. The minimum absolute atomic E-state index is 0.0149. The molecule has 7 heteroatoms. The number of nitrogens with zero attached hydrogens (tertiary/aromatic N) is 1. The zero-order chi connectivity index (χ0) is 15.6. The molecule has 2 amide bonds. The number of carboxylic acid groups (broad SMARTS) is 1. The van der Waals surface area contributed by atoms with Crippen molar-refractivity contribution in [1.29, 1.82) is 0 Å². The number of halogens is 1. The molecular weight excluding hydrogens is 279 g/mol. The van der Waals surface area contributed by atoms with Crippen LogP contribution in [0.25, 0.3) is 0 Å². The Morgan fingerprint density at radius 1 is 1.38 bits per heavy atom. The number of hydrogen-bond donors (Lipinski definition) is 3. The minimum atomic E-state index is -1.14.